The normalized spacial score (nSPS) is 25.1. The van der Waals surface area contributed by atoms with E-state index in [9.17, 15) is 0 Å². The number of hydrogen-bond donors (Lipinski definition) is 1. The van der Waals surface area contributed by atoms with Crippen LogP contribution in [0.5, 0.6) is 0 Å². The molecule has 0 aliphatic carbocycles. The number of likely N-dealkylation sites (tertiary alicyclic amines) is 1. The molecule has 0 aromatic carbocycles. The highest BCUT2D eigenvalue weighted by Crippen LogP contribution is 2.24. The van der Waals surface area contributed by atoms with Crippen LogP contribution in [-0.4, -0.2) is 29.0 Å². The van der Waals surface area contributed by atoms with Gasteiger partial charge in [-0.15, -0.1) is 0 Å². The van der Waals surface area contributed by atoms with Crippen molar-refractivity contribution in [2.24, 2.45) is 5.92 Å². The molecule has 1 fully saturated rings. The van der Waals surface area contributed by atoms with Gasteiger partial charge in [0.05, 0.1) is 5.69 Å². The van der Waals surface area contributed by atoms with Gasteiger partial charge in [0, 0.05) is 19.1 Å². The molecule has 1 aliphatic rings. The molecule has 3 heteroatoms. The average molecular weight is 247 g/mol. The van der Waals surface area contributed by atoms with Gasteiger partial charge in [0.15, 0.2) is 0 Å². The summed E-state index contributed by atoms with van der Waals surface area (Å²) >= 11 is 0. The van der Waals surface area contributed by atoms with Crippen molar-refractivity contribution in [3.8, 4) is 0 Å². The third kappa shape index (κ3) is 3.22. The molecule has 0 radical (unpaired) electrons. The molecule has 2 rings (SSSR count). The van der Waals surface area contributed by atoms with Gasteiger partial charge in [-0.25, -0.2) is 4.98 Å². The maximum atomic E-state index is 4.66. The standard InChI is InChI=1S/C15H25N3/c1-4-16-15-9-5-8-14(17-15)11-18-10-6-7-12(2)13(18)3/h5,8-9,12-13H,4,6-7,10-11H2,1-3H3,(H,16,17). The Morgan fingerprint density at radius 2 is 2.22 bits per heavy atom. The van der Waals surface area contributed by atoms with Gasteiger partial charge >= 0.3 is 0 Å². The quantitative estimate of drug-likeness (QED) is 0.886. The Hall–Kier alpha value is -1.09. The molecule has 1 saturated heterocycles. The maximum Gasteiger partial charge on any atom is 0.126 e. The molecule has 1 aromatic heterocycles. The fourth-order valence-corrected chi connectivity index (χ4v) is 2.70. The fraction of sp³-hybridized carbons (Fsp3) is 0.667. The van der Waals surface area contributed by atoms with Gasteiger partial charge in [-0.05, 0) is 51.3 Å². The summed E-state index contributed by atoms with van der Waals surface area (Å²) in [5, 5.41) is 3.28. The molecule has 18 heavy (non-hydrogen) atoms. The highest BCUT2D eigenvalue weighted by molar-refractivity contribution is 5.34. The van der Waals surface area contributed by atoms with Crippen LogP contribution >= 0.6 is 0 Å². The predicted molar refractivity (Wildman–Crippen MR) is 76.7 cm³/mol. The fourth-order valence-electron chi connectivity index (χ4n) is 2.70. The number of rotatable bonds is 4. The van der Waals surface area contributed by atoms with Crippen LogP contribution < -0.4 is 5.32 Å². The van der Waals surface area contributed by atoms with E-state index in [1.165, 1.54) is 25.1 Å². The van der Waals surface area contributed by atoms with Gasteiger partial charge < -0.3 is 5.32 Å². The molecule has 0 spiro atoms. The van der Waals surface area contributed by atoms with Crippen molar-refractivity contribution in [2.45, 2.75) is 46.2 Å². The Balaban J connectivity index is 2.01. The lowest BCUT2D eigenvalue weighted by Gasteiger charge is -2.37. The van der Waals surface area contributed by atoms with E-state index in [0.29, 0.717) is 6.04 Å². The third-order valence-corrected chi connectivity index (χ3v) is 4.03. The topological polar surface area (TPSA) is 28.2 Å². The highest BCUT2D eigenvalue weighted by Gasteiger charge is 2.24. The number of nitrogens with zero attached hydrogens (tertiary/aromatic N) is 2. The SMILES string of the molecule is CCNc1cccc(CN2CCCC(C)C2C)n1. The number of anilines is 1. The molecule has 1 aromatic rings. The monoisotopic (exact) mass is 247 g/mol. The molecule has 2 unspecified atom stereocenters. The molecular weight excluding hydrogens is 222 g/mol. The lowest BCUT2D eigenvalue weighted by atomic mass is 9.92. The van der Waals surface area contributed by atoms with E-state index in [0.717, 1.165) is 24.8 Å². The largest absolute Gasteiger partial charge is 0.370 e. The molecular formula is C15H25N3. The number of piperidine rings is 1. The van der Waals surface area contributed by atoms with Crippen molar-refractivity contribution in [1.29, 1.82) is 0 Å². The number of pyridine rings is 1. The average Bonchev–Trinajstić information content (AvgIpc) is 2.36. The smallest absolute Gasteiger partial charge is 0.126 e. The summed E-state index contributed by atoms with van der Waals surface area (Å²) in [6.45, 7) is 9.91. The predicted octanol–water partition coefficient (Wildman–Crippen LogP) is 3.13. The van der Waals surface area contributed by atoms with Crippen LogP contribution in [0.1, 0.15) is 39.3 Å². The summed E-state index contributed by atoms with van der Waals surface area (Å²) in [5.74, 6) is 1.79. The van der Waals surface area contributed by atoms with E-state index in [1.54, 1.807) is 0 Å². The van der Waals surface area contributed by atoms with Gasteiger partial charge in [0.25, 0.3) is 0 Å². The Morgan fingerprint density at radius 3 is 3.00 bits per heavy atom. The van der Waals surface area contributed by atoms with E-state index in [2.05, 4.69) is 48.1 Å². The van der Waals surface area contributed by atoms with Crippen molar-refractivity contribution < 1.29 is 0 Å². The minimum Gasteiger partial charge on any atom is -0.370 e. The van der Waals surface area contributed by atoms with E-state index in [1.807, 2.05) is 6.07 Å². The van der Waals surface area contributed by atoms with Crippen molar-refractivity contribution in [3.63, 3.8) is 0 Å². The summed E-state index contributed by atoms with van der Waals surface area (Å²) in [6, 6.07) is 6.93. The lowest BCUT2D eigenvalue weighted by molar-refractivity contribution is 0.105. The van der Waals surface area contributed by atoms with E-state index < -0.39 is 0 Å². The van der Waals surface area contributed by atoms with Crippen LogP contribution in [0.2, 0.25) is 0 Å². The minimum atomic E-state index is 0.670. The van der Waals surface area contributed by atoms with Gasteiger partial charge in [-0.1, -0.05) is 13.0 Å². The third-order valence-electron chi connectivity index (χ3n) is 4.03. The van der Waals surface area contributed by atoms with Gasteiger partial charge in [0.1, 0.15) is 5.82 Å². The molecule has 0 amide bonds. The first-order valence-electron chi connectivity index (χ1n) is 7.14. The van der Waals surface area contributed by atoms with E-state index >= 15 is 0 Å². The van der Waals surface area contributed by atoms with Crippen molar-refractivity contribution in [2.75, 3.05) is 18.4 Å². The summed E-state index contributed by atoms with van der Waals surface area (Å²) in [6.07, 6.45) is 2.68. The highest BCUT2D eigenvalue weighted by atomic mass is 15.2. The first kappa shape index (κ1) is 13.3. The first-order valence-corrected chi connectivity index (χ1v) is 7.14. The molecule has 2 heterocycles. The zero-order valence-corrected chi connectivity index (χ0v) is 11.8. The summed E-state index contributed by atoms with van der Waals surface area (Å²) in [5.41, 5.74) is 1.18. The van der Waals surface area contributed by atoms with E-state index in [-0.39, 0.29) is 0 Å². The van der Waals surface area contributed by atoms with Crippen LogP contribution in [0, 0.1) is 5.92 Å². The maximum absolute atomic E-state index is 4.66. The molecule has 0 bridgehead atoms. The molecule has 1 N–H and O–H groups in total. The first-order chi connectivity index (χ1) is 8.70. The second-order valence-electron chi connectivity index (χ2n) is 5.38. The van der Waals surface area contributed by atoms with Crippen molar-refractivity contribution in [3.05, 3.63) is 23.9 Å². The minimum absolute atomic E-state index is 0.670. The van der Waals surface area contributed by atoms with Crippen molar-refractivity contribution in [1.82, 2.24) is 9.88 Å². The van der Waals surface area contributed by atoms with Crippen molar-refractivity contribution >= 4 is 5.82 Å². The second-order valence-corrected chi connectivity index (χ2v) is 5.38. The Labute approximate surface area is 111 Å². The zero-order valence-electron chi connectivity index (χ0n) is 11.8. The summed E-state index contributed by atoms with van der Waals surface area (Å²) in [7, 11) is 0. The second kappa shape index (κ2) is 6.19. The van der Waals surface area contributed by atoms with Gasteiger partial charge in [0.2, 0.25) is 0 Å². The Kier molecular flexibility index (Phi) is 4.59. The molecule has 100 valence electrons. The van der Waals surface area contributed by atoms with Crippen LogP contribution in [0.15, 0.2) is 18.2 Å². The molecule has 0 saturated carbocycles. The summed E-state index contributed by atoms with van der Waals surface area (Å²) < 4.78 is 0. The van der Waals surface area contributed by atoms with Gasteiger partial charge in [-0.2, -0.15) is 0 Å². The van der Waals surface area contributed by atoms with Crippen LogP contribution in [0.25, 0.3) is 0 Å². The molecule has 3 nitrogen and oxygen atoms in total. The number of aromatic nitrogens is 1. The molecule has 2 atom stereocenters. The number of hydrogen-bond acceptors (Lipinski definition) is 3. The zero-order chi connectivity index (χ0) is 13.0. The Morgan fingerprint density at radius 1 is 1.39 bits per heavy atom. The Bertz CT molecular complexity index is 378. The molecule has 1 aliphatic heterocycles. The van der Waals surface area contributed by atoms with Crippen LogP contribution in [-0.2, 0) is 6.54 Å². The number of nitrogens with one attached hydrogen (secondary N) is 1. The van der Waals surface area contributed by atoms with Crippen LogP contribution in [0.4, 0.5) is 5.82 Å². The summed E-state index contributed by atoms with van der Waals surface area (Å²) in [4.78, 5) is 7.23. The van der Waals surface area contributed by atoms with Crippen LogP contribution in [0.3, 0.4) is 0 Å². The lowest BCUT2D eigenvalue weighted by Crippen LogP contribution is -2.41. The van der Waals surface area contributed by atoms with E-state index in [4.69, 9.17) is 0 Å². The van der Waals surface area contributed by atoms with Gasteiger partial charge in [-0.3, -0.25) is 4.90 Å².